The molecule has 1 aliphatic carbocycles. The predicted molar refractivity (Wildman–Crippen MR) is 117 cm³/mol. The summed E-state index contributed by atoms with van der Waals surface area (Å²) in [6, 6.07) is 12.3. The van der Waals surface area contributed by atoms with Crippen molar-refractivity contribution in [1.29, 1.82) is 0 Å². The molecule has 1 aromatic heterocycles. The quantitative estimate of drug-likeness (QED) is 0.443. The first kappa shape index (κ1) is 21.2. The van der Waals surface area contributed by atoms with Crippen molar-refractivity contribution in [2.45, 2.75) is 33.8 Å². The van der Waals surface area contributed by atoms with Crippen LogP contribution in [0, 0.1) is 13.8 Å². The van der Waals surface area contributed by atoms with Gasteiger partial charge in [0.1, 0.15) is 0 Å². The van der Waals surface area contributed by atoms with E-state index in [0.29, 0.717) is 39.2 Å². The third kappa shape index (κ3) is 3.41. The van der Waals surface area contributed by atoms with Gasteiger partial charge in [-0.2, -0.15) is 0 Å². The molecule has 1 aliphatic rings. The van der Waals surface area contributed by atoms with Crippen molar-refractivity contribution >= 4 is 17.9 Å². The molecule has 0 fully saturated rings. The lowest BCUT2D eigenvalue weighted by Crippen LogP contribution is -2.17. The summed E-state index contributed by atoms with van der Waals surface area (Å²) in [4.78, 5) is 42.0. The Bertz CT molecular complexity index is 1290. The van der Waals surface area contributed by atoms with Crippen LogP contribution in [-0.2, 0) is 4.74 Å². The number of carbonyl (C=O) groups excluding carboxylic acids is 2. The van der Waals surface area contributed by atoms with Crippen molar-refractivity contribution in [3.63, 3.8) is 0 Å². The van der Waals surface area contributed by atoms with E-state index in [1.807, 2.05) is 12.1 Å². The van der Waals surface area contributed by atoms with E-state index in [-0.39, 0.29) is 22.7 Å². The number of ether oxygens (including phenoxy) is 2. The number of benzene rings is 2. The first-order valence-corrected chi connectivity index (χ1v) is 10.1. The number of aromatic nitrogens is 1. The average molecular weight is 431 g/mol. The van der Waals surface area contributed by atoms with Crippen LogP contribution < -0.4 is 4.74 Å². The van der Waals surface area contributed by atoms with Crippen molar-refractivity contribution in [2.24, 2.45) is 0 Å². The van der Waals surface area contributed by atoms with Gasteiger partial charge in [-0.15, -0.1) is 0 Å². The molecule has 4 rings (SSSR count). The summed E-state index contributed by atoms with van der Waals surface area (Å²) >= 11 is 0. The highest BCUT2D eigenvalue weighted by atomic mass is 16.7. The van der Waals surface area contributed by atoms with Gasteiger partial charge in [0, 0.05) is 22.3 Å². The first-order chi connectivity index (χ1) is 15.2. The predicted octanol–water partition coefficient (Wildman–Crippen LogP) is 5.20. The third-order valence-corrected chi connectivity index (χ3v) is 5.26. The van der Waals surface area contributed by atoms with E-state index < -0.39 is 18.2 Å². The molecule has 1 heterocycles. The van der Waals surface area contributed by atoms with Gasteiger partial charge in [-0.05, 0) is 38.8 Å². The van der Waals surface area contributed by atoms with Crippen molar-refractivity contribution in [3.05, 3.63) is 70.5 Å². The summed E-state index contributed by atoms with van der Waals surface area (Å²) in [6.07, 6.45) is -1.93. The minimum Gasteiger partial charge on any atom is -0.459 e. The van der Waals surface area contributed by atoms with Gasteiger partial charge in [0.05, 0.1) is 23.1 Å². The highest BCUT2D eigenvalue weighted by Crippen LogP contribution is 2.47. The summed E-state index contributed by atoms with van der Waals surface area (Å²) in [5.74, 6) is -0.846. The smallest absolute Gasteiger partial charge is 0.459 e. The van der Waals surface area contributed by atoms with E-state index in [1.165, 1.54) is 0 Å². The molecule has 1 N–H and O–H groups in total. The second kappa shape index (κ2) is 7.92. The summed E-state index contributed by atoms with van der Waals surface area (Å²) in [6.45, 7) is 6.70. The SMILES string of the molecule is Cc1nc(C)c(C(=O)OC(C)C)c(-c2cccc3c2-c2ccccc2C3=O)c1OC(=O)O. The topological polar surface area (TPSA) is 103 Å². The van der Waals surface area contributed by atoms with Crippen LogP contribution in [0.1, 0.15) is 51.5 Å². The standard InChI is InChI=1S/C25H21NO6/c1-12(2)31-24(28)19-13(3)26-14(4)23(32-25(29)30)21(19)17-10-7-11-18-20(17)15-8-5-6-9-16(15)22(18)27/h5-12H,1-4H3,(H,29,30). The Morgan fingerprint density at radius 1 is 0.875 bits per heavy atom. The molecular weight excluding hydrogens is 410 g/mol. The van der Waals surface area contributed by atoms with Gasteiger partial charge in [-0.3, -0.25) is 9.78 Å². The Morgan fingerprint density at radius 3 is 2.16 bits per heavy atom. The lowest BCUT2D eigenvalue weighted by atomic mass is 9.90. The minimum absolute atomic E-state index is 0.0657. The molecule has 0 saturated carbocycles. The van der Waals surface area contributed by atoms with E-state index in [0.717, 1.165) is 0 Å². The molecule has 3 aromatic rings. The van der Waals surface area contributed by atoms with Crippen LogP contribution in [0.5, 0.6) is 5.75 Å². The van der Waals surface area contributed by atoms with Gasteiger partial charge in [-0.1, -0.05) is 42.5 Å². The monoisotopic (exact) mass is 431 g/mol. The third-order valence-electron chi connectivity index (χ3n) is 5.26. The van der Waals surface area contributed by atoms with E-state index in [4.69, 9.17) is 9.47 Å². The average Bonchev–Trinajstić information content (AvgIpc) is 3.02. The fourth-order valence-corrected chi connectivity index (χ4v) is 4.11. The number of hydrogen-bond donors (Lipinski definition) is 1. The van der Waals surface area contributed by atoms with Gasteiger partial charge in [0.25, 0.3) is 0 Å². The number of carboxylic acid groups (broad SMARTS) is 1. The summed E-state index contributed by atoms with van der Waals surface area (Å²) in [5.41, 5.74) is 3.86. The maximum Gasteiger partial charge on any atom is 0.511 e. The fourth-order valence-electron chi connectivity index (χ4n) is 4.11. The number of fused-ring (bicyclic) bond motifs is 3. The number of pyridine rings is 1. The number of nitrogens with zero attached hydrogens (tertiary/aromatic N) is 1. The Hall–Kier alpha value is -4.00. The van der Waals surface area contributed by atoms with Crippen LogP contribution >= 0.6 is 0 Å². The van der Waals surface area contributed by atoms with Gasteiger partial charge in [0.15, 0.2) is 11.5 Å². The highest BCUT2D eigenvalue weighted by molar-refractivity contribution is 6.24. The van der Waals surface area contributed by atoms with Gasteiger partial charge < -0.3 is 14.6 Å². The summed E-state index contributed by atoms with van der Waals surface area (Å²) < 4.78 is 10.6. The maximum absolute atomic E-state index is 13.1. The van der Waals surface area contributed by atoms with Crippen LogP contribution in [0.2, 0.25) is 0 Å². The van der Waals surface area contributed by atoms with Crippen LogP contribution in [0.4, 0.5) is 4.79 Å². The number of ketones is 1. The van der Waals surface area contributed by atoms with E-state index in [9.17, 15) is 19.5 Å². The Kier molecular flexibility index (Phi) is 5.26. The highest BCUT2D eigenvalue weighted by Gasteiger charge is 2.33. The molecule has 0 radical (unpaired) electrons. The molecule has 0 amide bonds. The second-order valence-electron chi connectivity index (χ2n) is 7.79. The van der Waals surface area contributed by atoms with Gasteiger partial charge >= 0.3 is 12.1 Å². The van der Waals surface area contributed by atoms with E-state index in [1.54, 1.807) is 58.0 Å². The zero-order chi connectivity index (χ0) is 23.2. The Labute approximate surface area is 184 Å². The van der Waals surface area contributed by atoms with E-state index >= 15 is 0 Å². The van der Waals surface area contributed by atoms with E-state index in [2.05, 4.69) is 4.98 Å². The maximum atomic E-state index is 13.1. The number of carbonyl (C=O) groups is 3. The molecule has 0 bridgehead atoms. The second-order valence-corrected chi connectivity index (χ2v) is 7.79. The molecule has 0 saturated heterocycles. The lowest BCUT2D eigenvalue weighted by Gasteiger charge is -2.20. The normalized spacial score (nSPS) is 11.8. The summed E-state index contributed by atoms with van der Waals surface area (Å²) in [7, 11) is 0. The number of hydrogen-bond acceptors (Lipinski definition) is 6. The number of esters is 1. The van der Waals surface area contributed by atoms with Gasteiger partial charge in [0.2, 0.25) is 0 Å². The zero-order valence-corrected chi connectivity index (χ0v) is 18.1. The molecule has 7 heteroatoms. The van der Waals surface area contributed by atoms with Crippen molar-refractivity contribution in [1.82, 2.24) is 4.98 Å². The fraction of sp³-hybridized carbons (Fsp3) is 0.200. The minimum atomic E-state index is -1.53. The Balaban J connectivity index is 2.11. The first-order valence-electron chi connectivity index (χ1n) is 10.1. The largest absolute Gasteiger partial charge is 0.511 e. The van der Waals surface area contributed by atoms with Crippen LogP contribution in [-0.4, -0.2) is 34.1 Å². The molecule has 7 nitrogen and oxygen atoms in total. The van der Waals surface area contributed by atoms with Gasteiger partial charge in [-0.25, -0.2) is 9.59 Å². The van der Waals surface area contributed by atoms with Crippen molar-refractivity contribution in [3.8, 4) is 28.0 Å². The molecule has 0 aliphatic heterocycles. The molecule has 2 aromatic carbocycles. The van der Waals surface area contributed by atoms with Crippen LogP contribution in [0.3, 0.4) is 0 Å². The molecule has 0 spiro atoms. The molecule has 32 heavy (non-hydrogen) atoms. The van der Waals surface area contributed by atoms with Crippen LogP contribution in [0.25, 0.3) is 22.3 Å². The number of rotatable bonds is 4. The zero-order valence-electron chi connectivity index (χ0n) is 18.1. The van der Waals surface area contributed by atoms with Crippen molar-refractivity contribution in [2.75, 3.05) is 0 Å². The molecule has 0 atom stereocenters. The summed E-state index contributed by atoms with van der Waals surface area (Å²) in [5, 5.41) is 9.38. The molecular formula is C25H21NO6. The van der Waals surface area contributed by atoms with Crippen LogP contribution in [0.15, 0.2) is 42.5 Å². The molecule has 0 unspecified atom stereocenters. The Morgan fingerprint density at radius 2 is 1.50 bits per heavy atom. The molecule has 162 valence electrons. The van der Waals surface area contributed by atoms with Crippen molar-refractivity contribution < 1.29 is 29.0 Å². The number of aryl methyl sites for hydroxylation is 2. The lowest BCUT2D eigenvalue weighted by molar-refractivity contribution is 0.0376.